The maximum Gasteiger partial charge on any atom is 0.401 e. The molecule has 1 fully saturated rings. The first-order valence-corrected chi connectivity index (χ1v) is 8.34. The van der Waals surface area contributed by atoms with Crippen LogP contribution in [0.4, 0.5) is 13.2 Å². The average Bonchev–Trinajstić information content (AvgIpc) is 2.36. The molecular formula is C16H31F3N2. The molecule has 0 aliphatic heterocycles. The number of nitrogens with one attached hydrogen (secondary N) is 1. The van der Waals surface area contributed by atoms with Gasteiger partial charge in [-0.25, -0.2) is 0 Å². The van der Waals surface area contributed by atoms with Crippen molar-refractivity contribution in [2.75, 3.05) is 26.7 Å². The van der Waals surface area contributed by atoms with Crippen molar-refractivity contribution in [3.8, 4) is 0 Å². The first-order valence-electron chi connectivity index (χ1n) is 8.34. The highest BCUT2D eigenvalue weighted by Gasteiger charge is 2.34. The second-order valence-electron chi connectivity index (χ2n) is 6.60. The highest BCUT2D eigenvalue weighted by molar-refractivity contribution is 4.86. The molecule has 1 aliphatic rings. The van der Waals surface area contributed by atoms with Gasteiger partial charge >= 0.3 is 6.18 Å². The summed E-state index contributed by atoms with van der Waals surface area (Å²) < 4.78 is 37.5. The van der Waals surface area contributed by atoms with E-state index in [1.807, 2.05) is 0 Å². The summed E-state index contributed by atoms with van der Waals surface area (Å²) in [6, 6.07) is 0.383. The SMILES string of the molecule is CCCNC1CCC(CCC)CC1CN(C)CC(F)(F)F. The zero-order valence-electron chi connectivity index (χ0n) is 13.7. The highest BCUT2D eigenvalue weighted by atomic mass is 19.4. The third kappa shape index (κ3) is 7.50. The third-order valence-corrected chi connectivity index (χ3v) is 4.44. The van der Waals surface area contributed by atoms with E-state index in [1.54, 1.807) is 7.05 Å². The fourth-order valence-electron chi connectivity index (χ4n) is 3.60. The topological polar surface area (TPSA) is 15.3 Å². The van der Waals surface area contributed by atoms with E-state index in [1.165, 1.54) is 24.2 Å². The van der Waals surface area contributed by atoms with Crippen molar-refractivity contribution in [2.45, 2.75) is 64.6 Å². The van der Waals surface area contributed by atoms with E-state index in [-0.39, 0.29) is 0 Å². The third-order valence-electron chi connectivity index (χ3n) is 4.44. The van der Waals surface area contributed by atoms with Crippen molar-refractivity contribution >= 4 is 0 Å². The molecule has 0 radical (unpaired) electrons. The second kappa shape index (κ2) is 8.99. The Morgan fingerprint density at radius 3 is 2.43 bits per heavy atom. The Balaban J connectivity index is 2.56. The van der Waals surface area contributed by atoms with Crippen molar-refractivity contribution in [2.24, 2.45) is 11.8 Å². The molecule has 1 aliphatic carbocycles. The van der Waals surface area contributed by atoms with Crippen LogP contribution < -0.4 is 5.32 Å². The Labute approximate surface area is 127 Å². The van der Waals surface area contributed by atoms with E-state index in [0.29, 0.717) is 24.4 Å². The van der Waals surface area contributed by atoms with Crippen molar-refractivity contribution in [3.63, 3.8) is 0 Å². The standard InChI is InChI=1S/C16H31F3N2/c1-4-6-13-7-8-15(20-9-5-2)14(10-13)11-21(3)12-16(17,18)19/h13-15,20H,4-12H2,1-3H3. The number of hydrogen-bond acceptors (Lipinski definition) is 2. The Morgan fingerprint density at radius 2 is 1.86 bits per heavy atom. The lowest BCUT2D eigenvalue weighted by Gasteiger charge is -2.39. The lowest BCUT2D eigenvalue weighted by molar-refractivity contribution is -0.144. The van der Waals surface area contributed by atoms with E-state index < -0.39 is 12.7 Å². The molecule has 0 aromatic heterocycles. The summed E-state index contributed by atoms with van der Waals surface area (Å²) in [5.41, 5.74) is 0. The Morgan fingerprint density at radius 1 is 1.14 bits per heavy atom. The molecular weight excluding hydrogens is 277 g/mol. The van der Waals surface area contributed by atoms with Crippen LogP contribution in [0, 0.1) is 11.8 Å². The molecule has 126 valence electrons. The lowest BCUT2D eigenvalue weighted by atomic mass is 9.76. The summed E-state index contributed by atoms with van der Waals surface area (Å²) in [7, 11) is 1.59. The molecule has 0 amide bonds. The summed E-state index contributed by atoms with van der Waals surface area (Å²) in [6.07, 6.45) is 2.74. The molecule has 0 bridgehead atoms. The molecule has 1 N–H and O–H groups in total. The highest BCUT2D eigenvalue weighted by Crippen LogP contribution is 2.33. The predicted octanol–water partition coefficient (Wildman–Crippen LogP) is 4.07. The van der Waals surface area contributed by atoms with Gasteiger partial charge in [0.05, 0.1) is 6.54 Å². The van der Waals surface area contributed by atoms with Gasteiger partial charge in [-0.15, -0.1) is 0 Å². The van der Waals surface area contributed by atoms with Crippen LogP contribution in [0.1, 0.15) is 52.4 Å². The Kier molecular flexibility index (Phi) is 8.03. The van der Waals surface area contributed by atoms with E-state index in [9.17, 15) is 13.2 Å². The van der Waals surface area contributed by atoms with Crippen molar-refractivity contribution in [1.29, 1.82) is 0 Å². The number of halogens is 3. The fraction of sp³-hybridized carbons (Fsp3) is 1.00. The minimum atomic E-state index is -4.10. The van der Waals surface area contributed by atoms with Crippen LogP contribution in [0.25, 0.3) is 0 Å². The van der Waals surface area contributed by atoms with E-state index >= 15 is 0 Å². The molecule has 0 saturated heterocycles. The molecule has 0 spiro atoms. The van der Waals surface area contributed by atoms with Crippen LogP contribution in [0.15, 0.2) is 0 Å². The number of rotatable bonds is 8. The molecule has 0 aromatic rings. The molecule has 3 atom stereocenters. The first-order chi connectivity index (χ1) is 9.85. The maximum absolute atomic E-state index is 12.5. The quantitative estimate of drug-likeness (QED) is 0.727. The van der Waals surface area contributed by atoms with Crippen molar-refractivity contribution in [1.82, 2.24) is 10.2 Å². The minimum Gasteiger partial charge on any atom is -0.314 e. The Hall–Kier alpha value is -0.290. The van der Waals surface area contributed by atoms with Crippen LogP contribution in [0.2, 0.25) is 0 Å². The van der Waals surface area contributed by atoms with Gasteiger partial charge in [0.15, 0.2) is 0 Å². The predicted molar refractivity (Wildman–Crippen MR) is 81.4 cm³/mol. The van der Waals surface area contributed by atoms with Gasteiger partial charge in [-0.1, -0.05) is 26.7 Å². The van der Waals surface area contributed by atoms with Crippen LogP contribution in [0.3, 0.4) is 0 Å². The summed E-state index contributed by atoms with van der Waals surface area (Å²) in [5.74, 6) is 1.04. The van der Waals surface area contributed by atoms with E-state index in [4.69, 9.17) is 0 Å². The smallest absolute Gasteiger partial charge is 0.314 e. The molecule has 0 aromatic carbocycles. The van der Waals surface area contributed by atoms with E-state index in [0.717, 1.165) is 25.8 Å². The average molecular weight is 308 g/mol. The van der Waals surface area contributed by atoms with Gasteiger partial charge < -0.3 is 5.32 Å². The van der Waals surface area contributed by atoms with Crippen molar-refractivity contribution < 1.29 is 13.2 Å². The van der Waals surface area contributed by atoms with Gasteiger partial charge in [0, 0.05) is 12.6 Å². The number of hydrogen-bond donors (Lipinski definition) is 1. The van der Waals surface area contributed by atoms with Gasteiger partial charge in [0.25, 0.3) is 0 Å². The second-order valence-corrected chi connectivity index (χ2v) is 6.60. The monoisotopic (exact) mass is 308 g/mol. The number of nitrogens with zero attached hydrogens (tertiary/aromatic N) is 1. The summed E-state index contributed by atoms with van der Waals surface area (Å²) in [6.45, 7) is 5.01. The molecule has 1 rings (SSSR count). The zero-order valence-corrected chi connectivity index (χ0v) is 13.7. The number of alkyl halides is 3. The summed E-state index contributed by atoms with van der Waals surface area (Å²) in [5, 5.41) is 3.54. The van der Waals surface area contributed by atoms with Crippen molar-refractivity contribution in [3.05, 3.63) is 0 Å². The summed E-state index contributed by atoms with van der Waals surface area (Å²) >= 11 is 0. The van der Waals surface area contributed by atoms with Crippen LogP contribution in [-0.2, 0) is 0 Å². The van der Waals surface area contributed by atoms with E-state index in [2.05, 4.69) is 19.2 Å². The first kappa shape index (κ1) is 18.8. The molecule has 2 nitrogen and oxygen atoms in total. The fourth-order valence-corrected chi connectivity index (χ4v) is 3.60. The van der Waals surface area contributed by atoms with Crippen LogP contribution in [-0.4, -0.2) is 43.8 Å². The molecule has 0 heterocycles. The molecule has 1 saturated carbocycles. The molecule has 5 heteroatoms. The minimum absolute atomic E-state index is 0.342. The lowest BCUT2D eigenvalue weighted by Crippen LogP contribution is -2.46. The van der Waals surface area contributed by atoms with Gasteiger partial charge in [-0.2, -0.15) is 13.2 Å². The van der Waals surface area contributed by atoms with Gasteiger partial charge in [0.2, 0.25) is 0 Å². The van der Waals surface area contributed by atoms with Crippen LogP contribution >= 0.6 is 0 Å². The zero-order chi connectivity index (χ0) is 15.9. The maximum atomic E-state index is 12.5. The largest absolute Gasteiger partial charge is 0.401 e. The normalized spacial score (nSPS) is 27.3. The van der Waals surface area contributed by atoms with Gasteiger partial charge in [-0.3, -0.25) is 4.90 Å². The van der Waals surface area contributed by atoms with Crippen LogP contribution in [0.5, 0.6) is 0 Å². The summed E-state index contributed by atoms with van der Waals surface area (Å²) in [4.78, 5) is 1.44. The Bertz CT molecular complexity index is 281. The van der Waals surface area contributed by atoms with Gasteiger partial charge in [0.1, 0.15) is 0 Å². The molecule has 21 heavy (non-hydrogen) atoms. The molecule has 3 unspecified atom stereocenters. The van der Waals surface area contributed by atoms with Gasteiger partial charge in [-0.05, 0) is 51.1 Å².